The maximum atomic E-state index is 6.01. The van der Waals surface area contributed by atoms with Crippen LogP contribution in [0.15, 0.2) is 49.2 Å². The molecule has 0 fully saturated rings. The lowest BCUT2D eigenvalue weighted by Crippen LogP contribution is -2.01. The zero-order chi connectivity index (χ0) is 18.4. The number of nitrogens with zero attached hydrogens (tertiary/aromatic N) is 8. The minimum atomic E-state index is 0.364. The average molecular weight is 379 g/mol. The summed E-state index contributed by atoms with van der Waals surface area (Å²) in [6, 6.07) is 9.08. The monoisotopic (exact) mass is 378 g/mol. The summed E-state index contributed by atoms with van der Waals surface area (Å²) in [4.78, 5) is 17.0. The summed E-state index contributed by atoms with van der Waals surface area (Å²) in [7, 11) is 0. The summed E-state index contributed by atoms with van der Waals surface area (Å²) in [5.74, 6) is 1.27. The molecule has 4 aromatic heterocycles. The Balaban J connectivity index is 1.62. The van der Waals surface area contributed by atoms with Crippen molar-refractivity contribution < 1.29 is 4.74 Å². The normalized spacial score (nSPS) is 11.3. The van der Waals surface area contributed by atoms with E-state index < -0.39 is 0 Å². The minimum Gasteiger partial charge on any atom is -0.420 e. The number of benzene rings is 1. The third-order valence-electron chi connectivity index (χ3n) is 3.95. The van der Waals surface area contributed by atoms with Crippen LogP contribution in [0, 0.1) is 6.92 Å². The van der Waals surface area contributed by atoms with E-state index in [9.17, 15) is 0 Å². The molecule has 0 saturated heterocycles. The standard InChI is InChI=1S/C17H11ClN8O/c1-10-6-14(26-17(24-10)21-9-23-26)27-16-13-7-22-25(15(13)19-8-20-16)12-4-2-11(18)3-5-12/h2-9H,1H3. The van der Waals surface area contributed by atoms with Gasteiger partial charge in [0.15, 0.2) is 5.65 Å². The third-order valence-corrected chi connectivity index (χ3v) is 4.20. The van der Waals surface area contributed by atoms with Gasteiger partial charge in [-0.2, -0.15) is 19.7 Å². The second kappa shape index (κ2) is 5.99. The molecular formula is C17H11ClN8O. The fourth-order valence-electron chi connectivity index (χ4n) is 2.74. The molecule has 0 unspecified atom stereocenters. The molecule has 5 rings (SSSR count). The van der Waals surface area contributed by atoms with Crippen LogP contribution in [0.25, 0.3) is 22.5 Å². The van der Waals surface area contributed by atoms with Crippen LogP contribution >= 0.6 is 11.6 Å². The molecule has 0 N–H and O–H groups in total. The fourth-order valence-corrected chi connectivity index (χ4v) is 2.87. The minimum absolute atomic E-state index is 0.364. The Kier molecular flexibility index (Phi) is 3.47. The zero-order valence-electron chi connectivity index (χ0n) is 14.0. The predicted molar refractivity (Wildman–Crippen MR) is 97.3 cm³/mol. The van der Waals surface area contributed by atoms with Crippen molar-refractivity contribution in [1.29, 1.82) is 0 Å². The summed E-state index contributed by atoms with van der Waals surface area (Å²) in [5, 5.41) is 9.86. The van der Waals surface area contributed by atoms with Crippen LogP contribution in [-0.2, 0) is 0 Å². The number of rotatable bonds is 3. The molecule has 0 aliphatic carbocycles. The lowest BCUT2D eigenvalue weighted by Gasteiger charge is -2.08. The second-order valence-electron chi connectivity index (χ2n) is 5.76. The lowest BCUT2D eigenvalue weighted by atomic mass is 10.3. The van der Waals surface area contributed by atoms with Crippen LogP contribution in [-0.4, -0.2) is 39.3 Å². The smallest absolute Gasteiger partial charge is 0.255 e. The van der Waals surface area contributed by atoms with Crippen molar-refractivity contribution in [2.24, 2.45) is 0 Å². The molecule has 0 amide bonds. The van der Waals surface area contributed by atoms with Gasteiger partial charge in [-0.3, -0.25) is 0 Å². The van der Waals surface area contributed by atoms with E-state index in [0.29, 0.717) is 33.6 Å². The highest BCUT2D eigenvalue weighted by molar-refractivity contribution is 6.30. The first-order valence-electron chi connectivity index (χ1n) is 7.99. The largest absolute Gasteiger partial charge is 0.420 e. The van der Waals surface area contributed by atoms with Crippen LogP contribution in [0.3, 0.4) is 0 Å². The summed E-state index contributed by atoms with van der Waals surface area (Å²) in [6.07, 6.45) is 4.51. The molecule has 0 radical (unpaired) electrons. The molecule has 5 aromatic rings. The van der Waals surface area contributed by atoms with E-state index in [0.717, 1.165) is 11.4 Å². The number of fused-ring (bicyclic) bond motifs is 2. The molecule has 0 aliphatic rings. The Bertz CT molecular complexity index is 1280. The van der Waals surface area contributed by atoms with Gasteiger partial charge >= 0.3 is 0 Å². The molecule has 0 aliphatic heterocycles. The van der Waals surface area contributed by atoms with Crippen molar-refractivity contribution in [3.05, 3.63) is 59.9 Å². The van der Waals surface area contributed by atoms with Crippen LogP contribution in [0.5, 0.6) is 11.8 Å². The van der Waals surface area contributed by atoms with E-state index in [1.807, 2.05) is 19.1 Å². The maximum absolute atomic E-state index is 6.01. The fraction of sp³-hybridized carbons (Fsp3) is 0.0588. The molecule has 0 spiro atoms. The van der Waals surface area contributed by atoms with Gasteiger partial charge < -0.3 is 4.74 Å². The molecule has 0 bridgehead atoms. The number of ether oxygens (including phenoxy) is 1. The van der Waals surface area contributed by atoms with E-state index in [2.05, 4.69) is 30.1 Å². The van der Waals surface area contributed by atoms with Gasteiger partial charge in [0.25, 0.3) is 5.78 Å². The Labute approximate surface area is 157 Å². The summed E-state index contributed by atoms with van der Waals surface area (Å²) in [6.45, 7) is 1.86. The van der Waals surface area contributed by atoms with Crippen LogP contribution in [0.1, 0.15) is 5.69 Å². The summed E-state index contributed by atoms with van der Waals surface area (Å²) < 4.78 is 9.21. The molecule has 10 heteroatoms. The van der Waals surface area contributed by atoms with E-state index in [1.165, 1.54) is 17.2 Å². The number of hydrogen-bond donors (Lipinski definition) is 0. The zero-order valence-corrected chi connectivity index (χ0v) is 14.7. The predicted octanol–water partition coefficient (Wildman–Crippen LogP) is 3.01. The van der Waals surface area contributed by atoms with Crippen LogP contribution in [0.4, 0.5) is 0 Å². The Hall–Kier alpha value is -3.59. The highest BCUT2D eigenvalue weighted by Gasteiger charge is 2.15. The van der Waals surface area contributed by atoms with Gasteiger partial charge in [-0.1, -0.05) is 11.6 Å². The molecule has 9 nitrogen and oxygen atoms in total. The number of aromatic nitrogens is 8. The van der Waals surface area contributed by atoms with Gasteiger partial charge in [-0.15, -0.1) is 0 Å². The van der Waals surface area contributed by atoms with Crippen LogP contribution < -0.4 is 4.74 Å². The first kappa shape index (κ1) is 15.6. The molecule has 4 heterocycles. The van der Waals surface area contributed by atoms with Gasteiger partial charge in [0.2, 0.25) is 11.8 Å². The Morgan fingerprint density at radius 2 is 1.85 bits per heavy atom. The third kappa shape index (κ3) is 2.64. The summed E-state index contributed by atoms with van der Waals surface area (Å²) >= 11 is 5.96. The van der Waals surface area contributed by atoms with Crippen molar-refractivity contribution in [3.8, 4) is 17.4 Å². The van der Waals surface area contributed by atoms with Crippen molar-refractivity contribution >= 4 is 28.4 Å². The lowest BCUT2D eigenvalue weighted by molar-refractivity contribution is 0.433. The Morgan fingerprint density at radius 3 is 2.70 bits per heavy atom. The van der Waals surface area contributed by atoms with Crippen molar-refractivity contribution in [2.75, 3.05) is 0 Å². The Morgan fingerprint density at radius 1 is 1.00 bits per heavy atom. The highest BCUT2D eigenvalue weighted by Crippen LogP contribution is 2.28. The first-order valence-corrected chi connectivity index (χ1v) is 8.37. The van der Waals surface area contributed by atoms with Gasteiger partial charge in [0.05, 0.1) is 11.9 Å². The highest BCUT2D eigenvalue weighted by atomic mass is 35.5. The molecule has 132 valence electrons. The maximum Gasteiger partial charge on any atom is 0.255 e. The van der Waals surface area contributed by atoms with Gasteiger partial charge in [0, 0.05) is 16.8 Å². The first-order chi connectivity index (χ1) is 13.2. The molecular weight excluding hydrogens is 368 g/mol. The van der Waals surface area contributed by atoms with E-state index in [4.69, 9.17) is 16.3 Å². The van der Waals surface area contributed by atoms with Crippen molar-refractivity contribution in [3.63, 3.8) is 0 Å². The van der Waals surface area contributed by atoms with E-state index in [1.54, 1.807) is 29.1 Å². The molecule has 0 atom stereocenters. The molecule has 1 aromatic carbocycles. The van der Waals surface area contributed by atoms with E-state index >= 15 is 0 Å². The van der Waals surface area contributed by atoms with Gasteiger partial charge in [0.1, 0.15) is 18.0 Å². The number of halogens is 1. The molecule has 27 heavy (non-hydrogen) atoms. The van der Waals surface area contributed by atoms with Crippen molar-refractivity contribution in [1.82, 2.24) is 39.3 Å². The quantitative estimate of drug-likeness (QED) is 0.476. The topological polar surface area (TPSA) is 95.9 Å². The SMILES string of the molecule is Cc1cc(Oc2ncnc3c2cnn3-c2ccc(Cl)cc2)n2ncnc2n1. The number of hydrogen-bond acceptors (Lipinski definition) is 7. The molecule has 0 saturated carbocycles. The average Bonchev–Trinajstić information content (AvgIpc) is 3.30. The second-order valence-corrected chi connectivity index (χ2v) is 6.19. The van der Waals surface area contributed by atoms with Crippen LogP contribution in [0.2, 0.25) is 5.02 Å². The van der Waals surface area contributed by atoms with E-state index in [-0.39, 0.29) is 0 Å². The van der Waals surface area contributed by atoms with Gasteiger partial charge in [-0.05, 0) is 31.2 Å². The number of aryl methyl sites for hydroxylation is 1. The summed E-state index contributed by atoms with van der Waals surface area (Å²) in [5.41, 5.74) is 2.20. The van der Waals surface area contributed by atoms with Crippen molar-refractivity contribution in [2.45, 2.75) is 6.92 Å². The van der Waals surface area contributed by atoms with Gasteiger partial charge in [-0.25, -0.2) is 19.6 Å².